The van der Waals surface area contributed by atoms with Gasteiger partial charge in [-0.05, 0) is 37.7 Å². The Kier molecular flexibility index (Phi) is 5.39. The Labute approximate surface area is 127 Å². The third kappa shape index (κ3) is 3.46. The van der Waals surface area contributed by atoms with Crippen LogP contribution in [0.25, 0.3) is 0 Å². The lowest BCUT2D eigenvalue weighted by molar-refractivity contribution is -0.143. The van der Waals surface area contributed by atoms with Gasteiger partial charge in [0.05, 0.1) is 5.41 Å². The zero-order chi connectivity index (χ0) is 15.3. The molecular formula is C16H28N4O. The average Bonchev–Trinajstić information content (AvgIpc) is 3.03. The van der Waals surface area contributed by atoms with Gasteiger partial charge >= 0.3 is 0 Å². The second-order valence-corrected chi connectivity index (χ2v) is 6.16. The van der Waals surface area contributed by atoms with Gasteiger partial charge in [-0.1, -0.05) is 13.8 Å². The summed E-state index contributed by atoms with van der Waals surface area (Å²) in [4.78, 5) is 14.8. The molecule has 21 heavy (non-hydrogen) atoms. The van der Waals surface area contributed by atoms with Crippen LogP contribution in [0.5, 0.6) is 0 Å². The SMILES string of the molecule is CCC(CC)(CN)C(=O)N1CCC(Cn2cccn2)CC1. The number of likely N-dealkylation sites (tertiary alicyclic amines) is 1. The first-order valence-electron chi connectivity index (χ1n) is 8.12. The van der Waals surface area contributed by atoms with Gasteiger partial charge in [0, 0.05) is 38.6 Å². The highest BCUT2D eigenvalue weighted by Gasteiger charge is 2.37. The molecule has 0 radical (unpaired) electrons. The first-order chi connectivity index (χ1) is 10.1. The molecule has 0 bridgehead atoms. The average molecular weight is 292 g/mol. The zero-order valence-electron chi connectivity index (χ0n) is 13.3. The molecule has 5 heteroatoms. The van der Waals surface area contributed by atoms with E-state index in [1.165, 1.54) is 0 Å². The van der Waals surface area contributed by atoms with Crippen molar-refractivity contribution in [3.05, 3.63) is 18.5 Å². The van der Waals surface area contributed by atoms with Crippen molar-refractivity contribution < 1.29 is 4.79 Å². The summed E-state index contributed by atoms with van der Waals surface area (Å²) in [6, 6.07) is 1.96. The molecule has 0 aromatic carbocycles. The number of nitrogens with zero attached hydrogens (tertiary/aromatic N) is 3. The summed E-state index contributed by atoms with van der Waals surface area (Å²) >= 11 is 0. The fraction of sp³-hybridized carbons (Fsp3) is 0.750. The molecule has 2 N–H and O–H groups in total. The molecule has 0 aliphatic carbocycles. The van der Waals surface area contributed by atoms with Gasteiger partial charge in [-0.15, -0.1) is 0 Å². The van der Waals surface area contributed by atoms with Crippen LogP contribution in [0.3, 0.4) is 0 Å². The number of hydrogen-bond acceptors (Lipinski definition) is 3. The maximum atomic E-state index is 12.8. The van der Waals surface area contributed by atoms with Crippen LogP contribution in [0, 0.1) is 11.3 Å². The van der Waals surface area contributed by atoms with E-state index in [0.29, 0.717) is 12.5 Å². The van der Waals surface area contributed by atoms with Crippen LogP contribution in [-0.2, 0) is 11.3 Å². The molecule has 1 aromatic rings. The van der Waals surface area contributed by atoms with E-state index in [9.17, 15) is 4.79 Å². The Hall–Kier alpha value is -1.36. The molecule has 1 aliphatic rings. The van der Waals surface area contributed by atoms with Gasteiger partial charge in [0.25, 0.3) is 0 Å². The molecule has 2 heterocycles. The summed E-state index contributed by atoms with van der Waals surface area (Å²) < 4.78 is 1.99. The molecule has 1 aliphatic heterocycles. The lowest BCUT2D eigenvalue weighted by Crippen LogP contribution is -2.50. The normalized spacial score (nSPS) is 17.2. The third-order valence-corrected chi connectivity index (χ3v) is 5.10. The molecule has 1 amide bonds. The number of rotatable bonds is 6. The van der Waals surface area contributed by atoms with E-state index in [1.54, 1.807) is 0 Å². The van der Waals surface area contributed by atoms with Gasteiger partial charge in [0.15, 0.2) is 0 Å². The second-order valence-electron chi connectivity index (χ2n) is 6.16. The summed E-state index contributed by atoms with van der Waals surface area (Å²) in [5.74, 6) is 0.872. The number of nitrogens with two attached hydrogens (primary N) is 1. The molecule has 0 atom stereocenters. The second kappa shape index (κ2) is 7.07. The molecule has 2 rings (SSSR count). The predicted octanol–water partition coefficient (Wildman–Crippen LogP) is 1.89. The van der Waals surface area contributed by atoms with Crippen molar-refractivity contribution in [2.24, 2.45) is 17.1 Å². The largest absolute Gasteiger partial charge is 0.342 e. The summed E-state index contributed by atoms with van der Waals surface area (Å²) in [6.45, 7) is 7.25. The lowest BCUT2D eigenvalue weighted by Gasteiger charge is -2.39. The van der Waals surface area contributed by atoms with Crippen molar-refractivity contribution in [3.8, 4) is 0 Å². The number of carbonyl (C=O) groups excluding carboxylic acids is 1. The van der Waals surface area contributed by atoms with E-state index in [-0.39, 0.29) is 11.3 Å². The highest BCUT2D eigenvalue weighted by Crippen LogP contribution is 2.30. The van der Waals surface area contributed by atoms with Crippen molar-refractivity contribution in [1.82, 2.24) is 14.7 Å². The van der Waals surface area contributed by atoms with Gasteiger partial charge in [-0.3, -0.25) is 9.48 Å². The quantitative estimate of drug-likeness (QED) is 0.871. The van der Waals surface area contributed by atoms with Crippen molar-refractivity contribution in [3.63, 3.8) is 0 Å². The van der Waals surface area contributed by atoms with E-state index in [1.807, 2.05) is 28.0 Å². The summed E-state index contributed by atoms with van der Waals surface area (Å²) in [5, 5.41) is 4.26. The topological polar surface area (TPSA) is 64.2 Å². The van der Waals surface area contributed by atoms with Gasteiger partial charge in [-0.25, -0.2) is 0 Å². The highest BCUT2D eigenvalue weighted by atomic mass is 16.2. The van der Waals surface area contributed by atoms with E-state index < -0.39 is 0 Å². The standard InChI is InChI=1S/C16H28N4O/c1-3-16(4-2,13-17)15(21)19-10-6-14(7-11-19)12-20-9-5-8-18-20/h5,8-9,14H,3-4,6-7,10-13,17H2,1-2H3. The molecular weight excluding hydrogens is 264 g/mol. The monoisotopic (exact) mass is 292 g/mol. The molecule has 118 valence electrons. The molecule has 0 unspecified atom stereocenters. The third-order valence-electron chi connectivity index (χ3n) is 5.10. The predicted molar refractivity (Wildman–Crippen MR) is 83.6 cm³/mol. The first kappa shape index (κ1) is 16.0. The van der Waals surface area contributed by atoms with E-state index in [2.05, 4.69) is 18.9 Å². The van der Waals surface area contributed by atoms with E-state index in [0.717, 1.165) is 45.3 Å². The van der Waals surface area contributed by atoms with Crippen molar-refractivity contribution in [2.45, 2.75) is 46.1 Å². The summed E-state index contributed by atoms with van der Waals surface area (Å²) in [6.07, 6.45) is 7.58. The van der Waals surface area contributed by atoms with Crippen LogP contribution >= 0.6 is 0 Å². The van der Waals surface area contributed by atoms with Crippen LogP contribution < -0.4 is 5.73 Å². The molecule has 5 nitrogen and oxygen atoms in total. The maximum absolute atomic E-state index is 12.8. The van der Waals surface area contributed by atoms with Crippen molar-refractivity contribution in [2.75, 3.05) is 19.6 Å². The molecule has 1 saturated heterocycles. The molecule has 1 fully saturated rings. The Bertz CT molecular complexity index is 423. The minimum Gasteiger partial charge on any atom is -0.342 e. The number of piperidine rings is 1. The smallest absolute Gasteiger partial charge is 0.230 e. The Morgan fingerprint density at radius 1 is 1.33 bits per heavy atom. The van der Waals surface area contributed by atoms with Crippen molar-refractivity contribution >= 4 is 5.91 Å². The minimum absolute atomic E-state index is 0.257. The van der Waals surface area contributed by atoms with Gasteiger partial charge in [-0.2, -0.15) is 5.10 Å². The van der Waals surface area contributed by atoms with Crippen LogP contribution in [0.1, 0.15) is 39.5 Å². The Morgan fingerprint density at radius 3 is 2.48 bits per heavy atom. The summed E-state index contributed by atoms with van der Waals surface area (Å²) in [7, 11) is 0. The minimum atomic E-state index is -0.352. The van der Waals surface area contributed by atoms with Gasteiger partial charge in [0.1, 0.15) is 0 Å². The molecule has 0 saturated carbocycles. The highest BCUT2D eigenvalue weighted by molar-refractivity contribution is 5.83. The van der Waals surface area contributed by atoms with Crippen LogP contribution in [0.4, 0.5) is 0 Å². The Morgan fingerprint density at radius 2 is 2.00 bits per heavy atom. The summed E-state index contributed by atoms with van der Waals surface area (Å²) in [5.41, 5.74) is 5.54. The fourth-order valence-electron chi connectivity index (χ4n) is 3.26. The van der Waals surface area contributed by atoms with E-state index >= 15 is 0 Å². The van der Waals surface area contributed by atoms with E-state index in [4.69, 9.17) is 5.73 Å². The number of aromatic nitrogens is 2. The zero-order valence-corrected chi connectivity index (χ0v) is 13.3. The van der Waals surface area contributed by atoms with Crippen molar-refractivity contribution in [1.29, 1.82) is 0 Å². The van der Waals surface area contributed by atoms with Crippen LogP contribution in [0.2, 0.25) is 0 Å². The fourth-order valence-corrected chi connectivity index (χ4v) is 3.26. The van der Waals surface area contributed by atoms with Crippen LogP contribution in [0.15, 0.2) is 18.5 Å². The number of amides is 1. The first-order valence-corrected chi connectivity index (χ1v) is 8.12. The van der Waals surface area contributed by atoms with Crippen LogP contribution in [-0.4, -0.2) is 40.2 Å². The number of hydrogen-bond donors (Lipinski definition) is 1. The molecule has 0 spiro atoms. The molecule has 1 aromatic heterocycles. The maximum Gasteiger partial charge on any atom is 0.230 e. The Balaban J connectivity index is 1.89. The number of carbonyl (C=O) groups is 1. The van der Waals surface area contributed by atoms with Gasteiger partial charge in [0.2, 0.25) is 5.91 Å². The van der Waals surface area contributed by atoms with Gasteiger partial charge < -0.3 is 10.6 Å². The lowest BCUT2D eigenvalue weighted by atomic mass is 9.80.